The van der Waals surface area contributed by atoms with Crippen LogP contribution < -0.4 is 10.1 Å². The van der Waals surface area contributed by atoms with Crippen molar-refractivity contribution in [2.45, 2.75) is 13.3 Å². The fourth-order valence-electron chi connectivity index (χ4n) is 0.888. The molecule has 0 saturated carbocycles. The molecule has 1 N–H and O–H groups in total. The van der Waals surface area contributed by atoms with Crippen molar-refractivity contribution in [1.29, 1.82) is 0 Å². The van der Waals surface area contributed by atoms with E-state index in [2.05, 4.69) is 17.2 Å². The number of pyridine rings is 1. The molecule has 0 radical (unpaired) electrons. The lowest BCUT2D eigenvalue weighted by molar-refractivity contribution is 0.414. The molecule has 0 saturated heterocycles. The van der Waals surface area contributed by atoms with Gasteiger partial charge in [0.2, 0.25) is 0 Å². The van der Waals surface area contributed by atoms with Gasteiger partial charge < -0.3 is 10.1 Å². The van der Waals surface area contributed by atoms with Crippen LogP contribution in [0.15, 0.2) is 18.3 Å². The van der Waals surface area contributed by atoms with Gasteiger partial charge in [-0.15, -0.1) is 0 Å². The minimum atomic E-state index is 0.837. The summed E-state index contributed by atoms with van der Waals surface area (Å²) in [5, 5.41) is 3.18. The fourth-order valence-corrected chi connectivity index (χ4v) is 0.888. The molecule has 0 aliphatic carbocycles. The van der Waals surface area contributed by atoms with Gasteiger partial charge in [-0.3, -0.25) is 0 Å². The Labute approximate surface area is 72.8 Å². The van der Waals surface area contributed by atoms with Crippen LogP contribution in [0.3, 0.4) is 0 Å². The minimum absolute atomic E-state index is 0.837. The topological polar surface area (TPSA) is 34.1 Å². The summed E-state index contributed by atoms with van der Waals surface area (Å²) in [5.74, 6) is 1.71. The molecule has 0 aliphatic rings. The van der Waals surface area contributed by atoms with E-state index in [9.17, 15) is 0 Å². The largest absolute Gasteiger partial charge is 0.497 e. The SMILES string of the molecule is CCCNc1cc(OC)ccn1. The minimum Gasteiger partial charge on any atom is -0.497 e. The Kier molecular flexibility index (Phi) is 3.38. The molecule has 1 aromatic heterocycles. The molecule has 1 rings (SSSR count). The molecule has 0 spiro atoms. The van der Waals surface area contributed by atoms with Crippen LogP contribution in [0.4, 0.5) is 5.82 Å². The smallest absolute Gasteiger partial charge is 0.129 e. The predicted octanol–water partition coefficient (Wildman–Crippen LogP) is 1.91. The predicted molar refractivity (Wildman–Crippen MR) is 49.6 cm³/mol. The van der Waals surface area contributed by atoms with E-state index in [1.54, 1.807) is 13.3 Å². The number of aromatic nitrogens is 1. The molecule has 3 heteroatoms. The average Bonchev–Trinajstić information content (AvgIpc) is 2.15. The second-order valence-corrected chi connectivity index (χ2v) is 2.51. The Bertz CT molecular complexity index is 238. The quantitative estimate of drug-likeness (QED) is 0.742. The molecule has 0 aromatic carbocycles. The third kappa shape index (κ3) is 2.42. The maximum Gasteiger partial charge on any atom is 0.129 e. The first-order chi connectivity index (χ1) is 5.86. The van der Waals surface area contributed by atoms with Crippen molar-refractivity contribution >= 4 is 5.82 Å². The molecule has 0 unspecified atom stereocenters. The summed E-state index contributed by atoms with van der Waals surface area (Å²) in [7, 11) is 1.65. The maximum absolute atomic E-state index is 5.05. The summed E-state index contributed by atoms with van der Waals surface area (Å²) in [5.41, 5.74) is 0. The Balaban J connectivity index is 2.60. The van der Waals surface area contributed by atoms with Crippen molar-refractivity contribution in [2.24, 2.45) is 0 Å². The number of rotatable bonds is 4. The van der Waals surface area contributed by atoms with Crippen LogP contribution in [0.2, 0.25) is 0 Å². The second kappa shape index (κ2) is 4.59. The van der Waals surface area contributed by atoms with E-state index < -0.39 is 0 Å². The van der Waals surface area contributed by atoms with Gasteiger partial charge in [0.05, 0.1) is 7.11 Å². The highest BCUT2D eigenvalue weighted by Crippen LogP contribution is 2.13. The summed E-state index contributed by atoms with van der Waals surface area (Å²) >= 11 is 0. The van der Waals surface area contributed by atoms with E-state index in [1.165, 1.54) is 0 Å². The van der Waals surface area contributed by atoms with Crippen LogP contribution in [-0.4, -0.2) is 18.6 Å². The van der Waals surface area contributed by atoms with Crippen LogP contribution in [0.1, 0.15) is 13.3 Å². The Morgan fingerprint density at radius 3 is 3.08 bits per heavy atom. The van der Waals surface area contributed by atoms with Gasteiger partial charge in [0.15, 0.2) is 0 Å². The molecule has 0 bridgehead atoms. The van der Waals surface area contributed by atoms with Crippen LogP contribution in [-0.2, 0) is 0 Å². The molecule has 1 heterocycles. The van der Waals surface area contributed by atoms with Crippen molar-refractivity contribution in [3.63, 3.8) is 0 Å². The fraction of sp³-hybridized carbons (Fsp3) is 0.444. The monoisotopic (exact) mass is 166 g/mol. The van der Waals surface area contributed by atoms with E-state index >= 15 is 0 Å². The van der Waals surface area contributed by atoms with Crippen LogP contribution in [0.25, 0.3) is 0 Å². The standard InChI is InChI=1S/C9H14N2O/c1-3-5-10-9-7-8(12-2)4-6-11-9/h4,6-7H,3,5H2,1-2H3,(H,10,11). The highest BCUT2D eigenvalue weighted by Gasteiger charge is 1.94. The van der Waals surface area contributed by atoms with Gasteiger partial charge in [-0.2, -0.15) is 0 Å². The van der Waals surface area contributed by atoms with Crippen LogP contribution in [0, 0.1) is 0 Å². The Morgan fingerprint density at radius 1 is 1.58 bits per heavy atom. The highest BCUT2D eigenvalue weighted by molar-refractivity contribution is 5.40. The lowest BCUT2D eigenvalue weighted by Crippen LogP contribution is -2.01. The first-order valence-corrected chi connectivity index (χ1v) is 4.10. The van der Waals surface area contributed by atoms with Crippen LogP contribution in [0.5, 0.6) is 5.75 Å². The van der Waals surface area contributed by atoms with E-state index in [1.807, 2.05) is 12.1 Å². The molecule has 0 atom stereocenters. The van der Waals surface area contributed by atoms with Gasteiger partial charge in [-0.1, -0.05) is 6.92 Å². The number of hydrogen-bond acceptors (Lipinski definition) is 3. The van der Waals surface area contributed by atoms with Crippen LogP contribution >= 0.6 is 0 Å². The van der Waals surface area contributed by atoms with Crippen molar-refractivity contribution in [3.8, 4) is 5.75 Å². The molecule has 12 heavy (non-hydrogen) atoms. The van der Waals surface area contributed by atoms with Gasteiger partial charge in [-0.25, -0.2) is 4.98 Å². The van der Waals surface area contributed by atoms with E-state index in [-0.39, 0.29) is 0 Å². The molecule has 1 aromatic rings. The summed E-state index contributed by atoms with van der Waals surface area (Å²) in [4.78, 5) is 4.13. The van der Waals surface area contributed by atoms with Gasteiger partial charge in [0, 0.05) is 18.8 Å². The van der Waals surface area contributed by atoms with Gasteiger partial charge in [-0.05, 0) is 12.5 Å². The second-order valence-electron chi connectivity index (χ2n) is 2.51. The van der Waals surface area contributed by atoms with Gasteiger partial charge in [0.1, 0.15) is 11.6 Å². The summed E-state index contributed by atoms with van der Waals surface area (Å²) < 4.78 is 5.05. The third-order valence-electron chi connectivity index (χ3n) is 1.52. The number of anilines is 1. The van der Waals surface area contributed by atoms with Crippen molar-refractivity contribution in [2.75, 3.05) is 19.0 Å². The molecule has 0 fully saturated rings. The van der Waals surface area contributed by atoms with E-state index in [0.29, 0.717) is 0 Å². The number of hydrogen-bond donors (Lipinski definition) is 1. The number of ether oxygens (including phenoxy) is 1. The van der Waals surface area contributed by atoms with Crippen molar-refractivity contribution in [1.82, 2.24) is 4.98 Å². The zero-order valence-electron chi connectivity index (χ0n) is 7.50. The maximum atomic E-state index is 5.05. The molecule has 0 aliphatic heterocycles. The van der Waals surface area contributed by atoms with Crippen molar-refractivity contribution in [3.05, 3.63) is 18.3 Å². The zero-order valence-corrected chi connectivity index (χ0v) is 7.50. The zero-order chi connectivity index (χ0) is 8.81. The average molecular weight is 166 g/mol. The van der Waals surface area contributed by atoms with Crippen molar-refractivity contribution < 1.29 is 4.74 Å². The van der Waals surface area contributed by atoms with Gasteiger partial charge >= 0.3 is 0 Å². The normalized spacial score (nSPS) is 9.50. The summed E-state index contributed by atoms with van der Waals surface area (Å²) in [6.07, 6.45) is 2.83. The Hall–Kier alpha value is -1.25. The lowest BCUT2D eigenvalue weighted by atomic mass is 10.4. The lowest BCUT2D eigenvalue weighted by Gasteiger charge is -2.04. The number of methoxy groups -OCH3 is 1. The number of nitrogens with one attached hydrogen (secondary N) is 1. The summed E-state index contributed by atoms with van der Waals surface area (Å²) in [6.45, 7) is 3.06. The van der Waals surface area contributed by atoms with E-state index in [4.69, 9.17) is 4.74 Å². The van der Waals surface area contributed by atoms with Gasteiger partial charge in [0.25, 0.3) is 0 Å². The highest BCUT2D eigenvalue weighted by atomic mass is 16.5. The molecule has 0 amide bonds. The first-order valence-electron chi connectivity index (χ1n) is 4.10. The molecule has 3 nitrogen and oxygen atoms in total. The molecular weight excluding hydrogens is 152 g/mol. The Morgan fingerprint density at radius 2 is 2.42 bits per heavy atom. The number of nitrogens with zero attached hydrogens (tertiary/aromatic N) is 1. The third-order valence-corrected chi connectivity index (χ3v) is 1.52. The first kappa shape index (κ1) is 8.84. The summed E-state index contributed by atoms with van der Waals surface area (Å²) in [6, 6.07) is 3.72. The van der Waals surface area contributed by atoms with E-state index in [0.717, 1.165) is 24.5 Å². The molecular formula is C9H14N2O. The molecule has 66 valence electrons.